The standard InChI is InChI=1S/C11H18BrN3O/c1-3-5-15-10(9(12)7-14-15)11(16)8(4-2)6-13/h7-8H,3-6,13H2,1-2H3. The first-order valence-electron chi connectivity index (χ1n) is 5.61. The van der Waals surface area contributed by atoms with Crippen molar-refractivity contribution in [2.24, 2.45) is 11.7 Å². The van der Waals surface area contributed by atoms with Crippen LogP contribution in [0, 0.1) is 5.92 Å². The van der Waals surface area contributed by atoms with Crippen molar-refractivity contribution < 1.29 is 4.79 Å². The maximum absolute atomic E-state index is 12.2. The van der Waals surface area contributed by atoms with E-state index in [1.807, 2.05) is 6.92 Å². The van der Waals surface area contributed by atoms with E-state index in [0.717, 1.165) is 23.9 Å². The second-order valence-corrected chi connectivity index (χ2v) is 4.62. The van der Waals surface area contributed by atoms with Gasteiger partial charge in [-0.2, -0.15) is 5.10 Å². The number of nitrogens with two attached hydrogens (primary N) is 1. The van der Waals surface area contributed by atoms with Crippen LogP contribution in [0.3, 0.4) is 0 Å². The molecule has 0 aliphatic carbocycles. The third kappa shape index (κ3) is 2.71. The van der Waals surface area contributed by atoms with Gasteiger partial charge in [0, 0.05) is 19.0 Å². The number of carbonyl (C=O) groups is 1. The fourth-order valence-corrected chi connectivity index (χ4v) is 2.13. The Bertz CT molecular complexity index is 358. The number of halogens is 1. The number of aromatic nitrogens is 2. The van der Waals surface area contributed by atoms with Crippen LogP contribution in [0.15, 0.2) is 10.7 Å². The highest BCUT2D eigenvalue weighted by molar-refractivity contribution is 9.10. The molecule has 1 atom stereocenters. The Morgan fingerprint density at radius 3 is 2.81 bits per heavy atom. The van der Waals surface area contributed by atoms with E-state index in [4.69, 9.17) is 5.73 Å². The van der Waals surface area contributed by atoms with Gasteiger partial charge in [0.25, 0.3) is 0 Å². The molecule has 0 saturated heterocycles. The molecule has 0 saturated carbocycles. The number of ketones is 1. The normalized spacial score (nSPS) is 12.8. The van der Waals surface area contributed by atoms with Crippen molar-refractivity contribution in [2.45, 2.75) is 33.2 Å². The van der Waals surface area contributed by atoms with Crippen LogP contribution in [0.5, 0.6) is 0 Å². The van der Waals surface area contributed by atoms with Crippen molar-refractivity contribution in [3.8, 4) is 0 Å². The molecule has 1 aromatic rings. The second-order valence-electron chi connectivity index (χ2n) is 3.77. The van der Waals surface area contributed by atoms with Crippen LogP contribution >= 0.6 is 15.9 Å². The maximum Gasteiger partial charge on any atom is 0.186 e. The summed E-state index contributed by atoms with van der Waals surface area (Å²) in [7, 11) is 0. The van der Waals surface area contributed by atoms with Crippen LogP contribution in [0.4, 0.5) is 0 Å². The van der Waals surface area contributed by atoms with Gasteiger partial charge in [0.15, 0.2) is 5.78 Å². The van der Waals surface area contributed by atoms with Gasteiger partial charge in [-0.15, -0.1) is 0 Å². The van der Waals surface area contributed by atoms with Crippen molar-refractivity contribution >= 4 is 21.7 Å². The molecule has 1 rings (SSSR count). The lowest BCUT2D eigenvalue weighted by atomic mass is 9.99. The zero-order valence-corrected chi connectivity index (χ0v) is 11.3. The lowest BCUT2D eigenvalue weighted by Gasteiger charge is -2.12. The summed E-state index contributed by atoms with van der Waals surface area (Å²) in [5.41, 5.74) is 6.25. The molecule has 16 heavy (non-hydrogen) atoms. The van der Waals surface area contributed by atoms with Crippen LogP contribution in [0.25, 0.3) is 0 Å². The Hall–Kier alpha value is -0.680. The number of nitrogens with zero attached hydrogens (tertiary/aromatic N) is 2. The molecule has 0 bridgehead atoms. The van der Waals surface area contributed by atoms with Gasteiger partial charge in [0.05, 0.1) is 10.7 Å². The van der Waals surface area contributed by atoms with Gasteiger partial charge in [-0.25, -0.2) is 0 Å². The number of aryl methyl sites for hydroxylation is 1. The molecule has 5 heteroatoms. The zero-order valence-electron chi connectivity index (χ0n) is 9.74. The van der Waals surface area contributed by atoms with Crippen molar-refractivity contribution in [1.29, 1.82) is 0 Å². The predicted octanol–water partition coefficient (Wildman–Crippen LogP) is 2.22. The Balaban J connectivity index is 3.01. The average Bonchev–Trinajstić information content (AvgIpc) is 2.62. The molecule has 1 unspecified atom stereocenters. The summed E-state index contributed by atoms with van der Waals surface area (Å²) in [6.45, 7) is 5.18. The van der Waals surface area contributed by atoms with Gasteiger partial charge >= 0.3 is 0 Å². The third-order valence-electron chi connectivity index (χ3n) is 2.61. The van der Waals surface area contributed by atoms with E-state index in [0.29, 0.717) is 12.2 Å². The fraction of sp³-hybridized carbons (Fsp3) is 0.636. The largest absolute Gasteiger partial charge is 0.330 e. The van der Waals surface area contributed by atoms with E-state index in [1.54, 1.807) is 10.9 Å². The molecule has 0 spiro atoms. The second kappa shape index (κ2) is 6.15. The summed E-state index contributed by atoms with van der Waals surface area (Å²) in [5.74, 6) is -0.0218. The van der Waals surface area contributed by atoms with Gasteiger partial charge in [-0.05, 0) is 28.8 Å². The van der Waals surface area contributed by atoms with Gasteiger partial charge in [-0.1, -0.05) is 13.8 Å². The molecule has 0 amide bonds. The van der Waals surface area contributed by atoms with E-state index >= 15 is 0 Å². The van der Waals surface area contributed by atoms with E-state index in [9.17, 15) is 4.79 Å². The molecular formula is C11H18BrN3O. The monoisotopic (exact) mass is 287 g/mol. The summed E-state index contributed by atoms with van der Waals surface area (Å²) < 4.78 is 2.52. The van der Waals surface area contributed by atoms with Gasteiger partial charge in [-0.3, -0.25) is 9.48 Å². The van der Waals surface area contributed by atoms with Crippen LogP contribution < -0.4 is 5.73 Å². The Kier molecular flexibility index (Phi) is 5.15. The van der Waals surface area contributed by atoms with Crippen molar-refractivity contribution in [3.63, 3.8) is 0 Å². The highest BCUT2D eigenvalue weighted by atomic mass is 79.9. The van der Waals surface area contributed by atoms with E-state index < -0.39 is 0 Å². The molecule has 90 valence electrons. The predicted molar refractivity (Wildman–Crippen MR) is 67.4 cm³/mol. The average molecular weight is 288 g/mol. The summed E-state index contributed by atoms with van der Waals surface area (Å²) in [6.07, 6.45) is 3.39. The summed E-state index contributed by atoms with van der Waals surface area (Å²) >= 11 is 3.37. The summed E-state index contributed by atoms with van der Waals surface area (Å²) in [5, 5.41) is 4.19. The van der Waals surface area contributed by atoms with Crippen LogP contribution in [-0.2, 0) is 6.54 Å². The van der Waals surface area contributed by atoms with Crippen LogP contribution in [0.2, 0.25) is 0 Å². The van der Waals surface area contributed by atoms with E-state index in [1.165, 1.54) is 0 Å². The smallest absolute Gasteiger partial charge is 0.186 e. The fourth-order valence-electron chi connectivity index (χ4n) is 1.64. The molecule has 1 heterocycles. The van der Waals surface area contributed by atoms with Crippen molar-refractivity contribution in [1.82, 2.24) is 9.78 Å². The molecule has 0 fully saturated rings. The lowest BCUT2D eigenvalue weighted by Crippen LogP contribution is -2.25. The topological polar surface area (TPSA) is 60.9 Å². The van der Waals surface area contributed by atoms with Gasteiger partial charge in [0.2, 0.25) is 0 Å². The first kappa shape index (κ1) is 13.4. The van der Waals surface area contributed by atoms with Crippen LogP contribution in [0.1, 0.15) is 37.2 Å². The van der Waals surface area contributed by atoms with E-state index in [2.05, 4.69) is 28.0 Å². The molecule has 1 aromatic heterocycles. The number of carbonyl (C=O) groups excluding carboxylic acids is 1. The summed E-state index contributed by atoms with van der Waals surface area (Å²) in [6, 6.07) is 0. The first-order valence-corrected chi connectivity index (χ1v) is 6.40. The minimum absolute atomic E-state index is 0.0859. The quantitative estimate of drug-likeness (QED) is 0.816. The lowest BCUT2D eigenvalue weighted by molar-refractivity contribution is 0.0909. The Labute approximate surface area is 104 Å². The molecule has 0 radical (unpaired) electrons. The zero-order chi connectivity index (χ0) is 12.1. The van der Waals surface area contributed by atoms with Crippen molar-refractivity contribution in [2.75, 3.05) is 6.54 Å². The van der Waals surface area contributed by atoms with Crippen molar-refractivity contribution in [3.05, 3.63) is 16.4 Å². The number of Topliss-reactive ketones (excluding diaryl/α,β-unsaturated/α-hetero) is 1. The third-order valence-corrected chi connectivity index (χ3v) is 3.19. The first-order chi connectivity index (χ1) is 7.65. The van der Waals surface area contributed by atoms with Gasteiger partial charge < -0.3 is 5.73 Å². The molecule has 4 nitrogen and oxygen atoms in total. The highest BCUT2D eigenvalue weighted by Crippen LogP contribution is 2.21. The Morgan fingerprint density at radius 1 is 1.62 bits per heavy atom. The maximum atomic E-state index is 12.2. The minimum atomic E-state index is -0.108. The number of hydrogen-bond acceptors (Lipinski definition) is 3. The number of hydrogen-bond donors (Lipinski definition) is 1. The molecule has 2 N–H and O–H groups in total. The van der Waals surface area contributed by atoms with Gasteiger partial charge in [0.1, 0.15) is 5.69 Å². The number of rotatable bonds is 6. The Morgan fingerprint density at radius 2 is 2.31 bits per heavy atom. The molecule has 0 aliphatic rings. The molecule has 0 aliphatic heterocycles. The summed E-state index contributed by atoms with van der Waals surface area (Å²) in [4.78, 5) is 12.2. The molecular weight excluding hydrogens is 270 g/mol. The van der Waals surface area contributed by atoms with E-state index in [-0.39, 0.29) is 11.7 Å². The SMILES string of the molecule is CCCn1ncc(Br)c1C(=O)C(CC)CN. The highest BCUT2D eigenvalue weighted by Gasteiger charge is 2.23. The minimum Gasteiger partial charge on any atom is -0.330 e. The van der Waals surface area contributed by atoms with Crippen LogP contribution in [-0.4, -0.2) is 22.1 Å². The molecule has 0 aromatic carbocycles.